The van der Waals surface area contributed by atoms with Gasteiger partial charge in [0.2, 0.25) is 0 Å². The second kappa shape index (κ2) is 10.8. The number of benzene rings is 3. The van der Waals surface area contributed by atoms with Crippen LogP contribution in [0.1, 0.15) is 16.8 Å². The Bertz CT molecular complexity index is 1550. The van der Waals surface area contributed by atoms with Crippen molar-refractivity contribution in [3.05, 3.63) is 111 Å². The van der Waals surface area contributed by atoms with Gasteiger partial charge in [-0.05, 0) is 66.7 Å². The second-order valence-electron chi connectivity index (χ2n) is 8.44. The molecular weight excluding hydrogens is 531 g/mol. The highest BCUT2D eigenvalue weighted by Gasteiger charge is 2.12. The number of aliphatic hydroxyl groups is 1. The summed E-state index contributed by atoms with van der Waals surface area (Å²) in [6.07, 6.45) is 7.10. The first-order chi connectivity index (χ1) is 17.8. The van der Waals surface area contributed by atoms with Gasteiger partial charge in [0.15, 0.2) is 6.23 Å². The number of amides is 1. The second-order valence-corrected chi connectivity index (χ2v) is 9.80. The van der Waals surface area contributed by atoms with Crippen molar-refractivity contribution >= 4 is 63.1 Å². The highest BCUT2D eigenvalue weighted by atomic mass is 35.5. The maximum absolute atomic E-state index is 12.5. The number of hydrogen-bond donors (Lipinski definition) is 4. The maximum atomic E-state index is 12.5. The van der Waals surface area contributed by atoms with Crippen molar-refractivity contribution in [2.24, 2.45) is 0 Å². The van der Waals surface area contributed by atoms with Crippen molar-refractivity contribution in [3.63, 3.8) is 0 Å². The van der Waals surface area contributed by atoms with Gasteiger partial charge in [0.05, 0.1) is 11.0 Å². The predicted molar refractivity (Wildman–Crippen MR) is 151 cm³/mol. The number of carbonyl (C=O) groups excluding carboxylic acids is 1. The first-order valence-corrected chi connectivity index (χ1v) is 12.5. The van der Waals surface area contributed by atoms with Crippen LogP contribution in [0.25, 0.3) is 22.4 Å². The first-order valence-electron chi connectivity index (χ1n) is 11.4. The number of aromatic amines is 1. The van der Waals surface area contributed by atoms with E-state index in [4.69, 9.17) is 34.8 Å². The summed E-state index contributed by atoms with van der Waals surface area (Å²) in [6, 6.07) is 17.6. The van der Waals surface area contributed by atoms with Gasteiger partial charge >= 0.3 is 0 Å². The number of H-pyrrole nitrogens is 1. The molecule has 1 amide bonds. The molecule has 5 rings (SSSR count). The average molecular weight is 552 g/mol. The molecule has 0 aliphatic heterocycles. The van der Waals surface area contributed by atoms with Gasteiger partial charge in [-0.3, -0.25) is 4.79 Å². The fraction of sp³-hybridized carbons (Fsp3) is 0.0714. The van der Waals surface area contributed by atoms with Crippen molar-refractivity contribution in [1.82, 2.24) is 9.97 Å². The van der Waals surface area contributed by atoms with Crippen LogP contribution in [0.2, 0.25) is 10.0 Å². The van der Waals surface area contributed by atoms with Crippen molar-refractivity contribution in [1.29, 1.82) is 0 Å². The van der Waals surface area contributed by atoms with E-state index in [9.17, 15) is 9.90 Å². The minimum atomic E-state index is -0.888. The van der Waals surface area contributed by atoms with Crippen molar-refractivity contribution in [2.45, 2.75) is 12.6 Å². The molecule has 4 aromatic rings. The Morgan fingerprint density at radius 2 is 1.68 bits per heavy atom. The number of fused-ring (bicyclic) bond motifs is 1. The Hall–Kier alpha value is -3.55. The number of nitrogens with one attached hydrogen (secondary N) is 3. The van der Waals surface area contributed by atoms with E-state index in [2.05, 4.69) is 20.6 Å². The Kier molecular flexibility index (Phi) is 7.35. The molecular formula is C28H21Cl3N4O2. The summed E-state index contributed by atoms with van der Waals surface area (Å²) in [5.74, 6) is 0.374. The van der Waals surface area contributed by atoms with Gasteiger partial charge in [-0.25, -0.2) is 4.98 Å². The van der Waals surface area contributed by atoms with Crippen LogP contribution in [-0.2, 0) is 0 Å². The number of aliphatic hydroxyl groups excluding tert-OH is 1. The summed E-state index contributed by atoms with van der Waals surface area (Å²) < 4.78 is 0. The molecule has 1 atom stereocenters. The third-order valence-corrected chi connectivity index (χ3v) is 6.44. The van der Waals surface area contributed by atoms with Gasteiger partial charge in [-0.1, -0.05) is 53.0 Å². The molecule has 0 fully saturated rings. The molecule has 1 aliphatic carbocycles. The largest absolute Gasteiger partial charge is 0.369 e. The van der Waals surface area contributed by atoms with Gasteiger partial charge in [0.25, 0.3) is 5.91 Å². The number of nitrogens with zero attached hydrogens (tertiary/aromatic N) is 1. The summed E-state index contributed by atoms with van der Waals surface area (Å²) in [5, 5.41) is 18.1. The fourth-order valence-corrected chi connectivity index (χ4v) is 4.56. The zero-order valence-corrected chi connectivity index (χ0v) is 21.6. The normalized spacial score (nSPS) is 14.1. The predicted octanol–water partition coefficient (Wildman–Crippen LogP) is 7.53. The summed E-state index contributed by atoms with van der Waals surface area (Å²) in [5.41, 5.74) is 4.91. The summed E-state index contributed by atoms with van der Waals surface area (Å²) in [7, 11) is 0. The molecule has 1 aliphatic rings. The van der Waals surface area contributed by atoms with E-state index in [1.807, 2.05) is 42.5 Å². The lowest BCUT2D eigenvalue weighted by atomic mass is 10.1. The van der Waals surface area contributed by atoms with Gasteiger partial charge in [-0.15, -0.1) is 0 Å². The quantitative estimate of drug-likeness (QED) is 0.186. The number of rotatable bonds is 6. The van der Waals surface area contributed by atoms with Gasteiger partial charge in [-0.2, -0.15) is 0 Å². The van der Waals surface area contributed by atoms with Gasteiger partial charge in [0, 0.05) is 49.6 Å². The maximum Gasteiger partial charge on any atom is 0.255 e. The molecule has 9 heteroatoms. The van der Waals surface area contributed by atoms with Crippen LogP contribution in [0, 0.1) is 0 Å². The van der Waals surface area contributed by atoms with E-state index < -0.39 is 6.23 Å². The number of aromatic nitrogens is 2. The fourth-order valence-electron chi connectivity index (χ4n) is 3.88. The Morgan fingerprint density at radius 3 is 2.43 bits per heavy atom. The van der Waals surface area contributed by atoms with Crippen LogP contribution in [0.5, 0.6) is 0 Å². The Morgan fingerprint density at radius 1 is 0.946 bits per heavy atom. The molecule has 0 saturated carbocycles. The van der Waals surface area contributed by atoms with Crippen LogP contribution in [0.3, 0.4) is 0 Å². The molecule has 4 N–H and O–H groups in total. The number of carbonyl (C=O) groups is 1. The summed E-state index contributed by atoms with van der Waals surface area (Å²) in [6.45, 7) is 0. The molecule has 1 unspecified atom stereocenters. The van der Waals surface area contributed by atoms with Crippen LogP contribution in [-0.4, -0.2) is 27.2 Å². The molecule has 1 aromatic heterocycles. The lowest BCUT2D eigenvalue weighted by molar-refractivity contribution is 0.102. The third-order valence-electron chi connectivity index (χ3n) is 5.72. The highest BCUT2D eigenvalue weighted by molar-refractivity contribution is 6.35. The van der Waals surface area contributed by atoms with Crippen LogP contribution < -0.4 is 10.6 Å². The lowest BCUT2D eigenvalue weighted by Gasteiger charge is -2.15. The molecule has 186 valence electrons. The number of imidazole rings is 1. The van der Waals surface area contributed by atoms with Crippen molar-refractivity contribution < 1.29 is 9.90 Å². The number of halogens is 3. The van der Waals surface area contributed by atoms with E-state index in [-0.39, 0.29) is 5.91 Å². The Labute approximate surface area is 228 Å². The standard InChI is InChI=1S/C28H21Cl3N4O2/c29-19-3-1-2-17(4-7-19)27(36)33-23-10-11-24-25(15-23)35-26(34-24)16-5-8-22(9-6-16)32-28(37)18-12-20(30)14-21(31)13-18/h1-2,4-15,27,33,36H,3H2,(H,32,37)(H,34,35). The third kappa shape index (κ3) is 6.06. The zero-order valence-electron chi connectivity index (χ0n) is 19.3. The summed E-state index contributed by atoms with van der Waals surface area (Å²) in [4.78, 5) is 20.5. The highest BCUT2D eigenvalue weighted by Crippen LogP contribution is 2.26. The van der Waals surface area contributed by atoms with E-state index in [0.717, 1.165) is 22.3 Å². The summed E-state index contributed by atoms with van der Waals surface area (Å²) >= 11 is 18.1. The average Bonchev–Trinajstić information content (AvgIpc) is 3.16. The topological polar surface area (TPSA) is 90.0 Å². The van der Waals surface area contributed by atoms with E-state index in [0.29, 0.717) is 44.1 Å². The monoisotopic (exact) mass is 550 g/mol. The Balaban J connectivity index is 1.29. The molecule has 3 aromatic carbocycles. The minimum Gasteiger partial charge on any atom is -0.369 e. The van der Waals surface area contributed by atoms with E-state index >= 15 is 0 Å². The van der Waals surface area contributed by atoms with Crippen LogP contribution in [0.15, 0.2) is 95.6 Å². The number of anilines is 2. The molecule has 1 heterocycles. The smallest absolute Gasteiger partial charge is 0.255 e. The molecule has 0 radical (unpaired) electrons. The van der Waals surface area contributed by atoms with E-state index in [1.165, 1.54) is 0 Å². The van der Waals surface area contributed by atoms with Crippen LogP contribution in [0.4, 0.5) is 11.4 Å². The van der Waals surface area contributed by atoms with Gasteiger partial charge in [0.1, 0.15) is 5.82 Å². The zero-order chi connectivity index (χ0) is 25.9. The molecule has 0 spiro atoms. The van der Waals surface area contributed by atoms with Gasteiger partial charge < -0.3 is 20.7 Å². The molecule has 0 bridgehead atoms. The van der Waals surface area contributed by atoms with Crippen molar-refractivity contribution in [3.8, 4) is 11.4 Å². The SMILES string of the molecule is O=C(Nc1ccc(-c2nc3ccc(NC(O)C4=CC=C(Cl)CC=C4)cc3[nH]2)cc1)c1cc(Cl)cc(Cl)c1. The molecule has 0 saturated heterocycles. The molecule has 6 nitrogen and oxygen atoms in total. The molecule has 37 heavy (non-hydrogen) atoms. The number of allylic oxidation sites excluding steroid dienone is 4. The van der Waals surface area contributed by atoms with Crippen LogP contribution >= 0.6 is 34.8 Å². The minimum absolute atomic E-state index is 0.308. The van der Waals surface area contributed by atoms with Crippen molar-refractivity contribution in [2.75, 3.05) is 10.6 Å². The lowest BCUT2D eigenvalue weighted by Crippen LogP contribution is -2.20. The number of hydrogen-bond acceptors (Lipinski definition) is 4. The first kappa shape index (κ1) is 25.1. The van der Waals surface area contributed by atoms with E-state index in [1.54, 1.807) is 42.5 Å².